The number of hydrogen-bond acceptors (Lipinski definition) is 6. The number of fused-ring (bicyclic) bond motifs is 1. The van der Waals surface area contributed by atoms with Crippen LogP contribution in [0, 0.1) is 5.82 Å². The van der Waals surface area contributed by atoms with Crippen LogP contribution < -0.4 is 10.6 Å². The van der Waals surface area contributed by atoms with Gasteiger partial charge < -0.3 is 19.5 Å². The highest BCUT2D eigenvalue weighted by molar-refractivity contribution is 6.32. The SMILES string of the molecule is O=C1CC[C@@H](N2Cc3c(Cl)cc(CNC(=O)OC4CC(n5ccnc5C5CC5)C4)c(F)c3C2=O)C(=O)N1. The second-order valence-electron chi connectivity index (χ2n) is 10.1. The summed E-state index contributed by atoms with van der Waals surface area (Å²) in [5.41, 5.74) is 0.111. The number of aromatic nitrogens is 2. The third kappa shape index (κ3) is 4.35. The topological polar surface area (TPSA) is 123 Å². The van der Waals surface area contributed by atoms with Crippen molar-refractivity contribution in [2.75, 3.05) is 0 Å². The quantitative estimate of drug-likeness (QED) is 0.555. The Balaban J connectivity index is 1.06. The van der Waals surface area contributed by atoms with Crippen molar-refractivity contribution in [2.24, 2.45) is 0 Å². The number of nitrogens with one attached hydrogen (secondary N) is 2. The van der Waals surface area contributed by atoms with Gasteiger partial charge >= 0.3 is 6.09 Å². The molecule has 2 aliphatic heterocycles. The van der Waals surface area contributed by atoms with E-state index < -0.39 is 35.7 Å². The predicted octanol–water partition coefficient (Wildman–Crippen LogP) is 2.94. The van der Waals surface area contributed by atoms with Gasteiger partial charge in [0.05, 0.1) is 5.56 Å². The largest absolute Gasteiger partial charge is 0.446 e. The van der Waals surface area contributed by atoms with E-state index in [1.165, 1.54) is 11.0 Å². The average molecular weight is 530 g/mol. The molecule has 2 aliphatic carbocycles. The number of amides is 4. The summed E-state index contributed by atoms with van der Waals surface area (Å²) in [6.07, 6.45) is 6.81. The maximum atomic E-state index is 15.3. The van der Waals surface area contributed by atoms with Crippen LogP contribution in [0.3, 0.4) is 0 Å². The van der Waals surface area contributed by atoms with E-state index in [1.807, 2.05) is 6.20 Å². The standard InChI is InChI=1S/C25H25ClFN5O5/c26-17-7-13(21(27)20-16(17)11-32(24(20)35)18-3-4-19(33)30-23(18)34)10-29-25(36)37-15-8-14(9-15)31-6-5-28-22(31)12-1-2-12/h5-7,12,14-15,18H,1-4,8-11H2,(H,29,36)(H,30,33,34)/t14?,15?,18-/m1/s1. The molecule has 2 aromatic rings. The minimum absolute atomic E-state index is 0.0336. The maximum Gasteiger partial charge on any atom is 0.407 e. The molecule has 2 saturated carbocycles. The molecule has 1 saturated heterocycles. The van der Waals surface area contributed by atoms with Crippen LogP contribution in [0.15, 0.2) is 18.5 Å². The van der Waals surface area contributed by atoms with Gasteiger partial charge in [0.1, 0.15) is 23.8 Å². The van der Waals surface area contributed by atoms with Crippen LogP contribution in [0.5, 0.6) is 0 Å². The van der Waals surface area contributed by atoms with Crippen molar-refractivity contribution < 1.29 is 28.3 Å². The number of piperidine rings is 1. The molecule has 0 unspecified atom stereocenters. The summed E-state index contributed by atoms with van der Waals surface area (Å²) in [4.78, 5) is 54.7. The van der Waals surface area contributed by atoms with Gasteiger partial charge in [-0.3, -0.25) is 19.7 Å². The molecule has 4 aliphatic rings. The van der Waals surface area contributed by atoms with Crippen LogP contribution in [0.4, 0.5) is 9.18 Å². The van der Waals surface area contributed by atoms with Crippen LogP contribution in [-0.4, -0.2) is 50.4 Å². The smallest absolute Gasteiger partial charge is 0.407 e. The highest BCUT2D eigenvalue weighted by Gasteiger charge is 2.42. The van der Waals surface area contributed by atoms with Gasteiger partial charge in [0.15, 0.2) is 0 Å². The third-order valence-corrected chi connectivity index (χ3v) is 7.92. The summed E-state index contributed by atoms with van der Waals surface area (Å²) >= 11 is 6.36. The Hall–Kier alpha value is -3.47. The Kier molecular flexibility index (Phi) is 5.89. The highest BCUT2D eigenvalue weighted by Crippen LogP contribution is 2.43. The maximum absolute atomic E-state index is 15.3. The molecule has 10 nitrogen and oxygen atoms in total. The second kappa shape index (κ2) is 9.13. The third-order valence-electron chi connectivity index (χ3n) is 7.58. The molecule has 12 heteroatoms. The molecule has 37 heavy (non-hydrogen) atoms. The van der Waals surface area contributed by atoms with Crippen molar-refractivity contribution in [2.45, 2.75) is 75.7 Å². The van der Waals surface area contributed by atoms with Crippen molar-refractivity contribution in [1.29, 1.82) is 0 Å². The molecule has 0 radical (unpaired) electrons. The molecule has 2 N–H and O–H groups in total. The fourth-order valence-electron chi connectivity index (χ4n) is 5.35. The molecule has 6 rings (SSSR count). The summed E-state index contributed by atoms with van der Waals surface area (Å²) < 4.78 is 23.0. The summed E-state index contributed by atoms with van der Waals surface area (Å²) in [6, 6.07) is 0.746. The van der Waals surface area contributed by atoms with Crippen LogP contribution in [0.2, 0.25) is 5.02 Å². The van der Waals surface area contributed by atoms with E-state index in [1.54, 1.807) is 6.20 Å². The number of alkyl carbamates (subject to hydrolysis) is 1. The van der Waals surface area contributed by atoms with Crippen molar-refractivity contribution >= 4 is 35.4 Å². The molecule has 1 aromatic carbocycles. The lowest BCUT2D eigenvalue weighted by Crippen LogP contribution is -2.52. The zero-order chi connectivity index (χ0) is 25.8. The van der Waals surface area contributed by atoms with Crippen molar-refractivity contribution in [3.8, 4) is 0 Å². The molecule has 1 atom stereocenters. The number of halogens is 2. The number of imidazole rings is 1. The van der Waals surface area contributed by atoms with E-state index in [9.17, 15) is 19.2 Å². The van der Waals surface area contributed by atoms with Gasteiger partial charge in [0.2, 0.25) is 11.8 Å². The van der Waals surface area contributed by atoms with Crippen LogP contribution in [0.25, 0.3) is 0 Å². The molecule has 0 spiro atoms. The monoisotopic (exact) mass is 529 g/mol. The zero-order valence-corrected chi connectivity index (χ0v) is 20.6. The number of imide groups is 1. The van der Waals surface area contributed by atoms with Gasteiger partial charge in [-0.2, -0.15) is 0 Å². The van der Waals surface area contributed by atoms with Gasteiger partial charge in [0.25, 0.3) is 5.91 Å². The lowest BCUT2D eigenvalue weighted by atomic mass is 9.89. The van der Waals surface area contributed by atoms with Crippen molar-refractivity contribution in [1.82, 2.24) is 25.1 Å². The Morgan fingerprint density at radius 3 is 2.76 bits per heavy atom. The summed E-state index contributed by atoms with van der Waals surface area (Å²) in [5, 5.41) is 4.92. The van der Waals surface area contributed by atoms with E-state index in [2.05, 4.69) is 20.2 Å². The lowest BCUT2D eigenvalue weighted by molar-refractivity contribution is -0.136. The number of carbonyl (C=O) groups excluding carboxylic acids is 4. The van der Waals surface area contributed by atoms with Crippen LogP contribution in [-0.2, 0) is 27.4 Å². The fourth-order valence-corrected chi connectivity index (χ4v) is 5.64. The number of ether oxygens (including phenoxy) is 1. The summed E-state index contributed by atoms with van der Waals surface area (Å²) in [7, 11) is 0. The first-order valence-corrected chi connectivity index (χ1v) is 12.8. The van der Waals surface area contributed by atoms with E-state index in [0.29, 0.717) is 18.8 Å². The van der Waals surface area contributed by atoms with Gasteiger partial charge in [-0.1, -0.05) is 11.6 Å². The van der Waals surface area contributed by atoms with Gasteiger partial charge in [-0.05, 0) is 25.3 Å². The molecule has 3 fully saturated rings. The number of hydrogen-bond donors (Lipinski definition) is 2. The van der Waals surface area contributed by atoms with Crippen LogP contribution >= 0.6 is 11.6 Å². The Bertz CT molecular complexity index is 1320. The molecule has 4 amide bonds. The fraction of sp³-hybridized carbons (Fsp3) is 0.480. The molecule has 3 heterocycles. The van der Waals surface area contributed by atoms with E-state index in [4.69, 9.17) is 16.3 Å². The van der Waals surface area contributed by atoms with Crippen LogP contribution in [0.1, 0.15) is 77.8 Å². The number of nitrogens with zero attached hydrogens (tertiary/aromatic N) is 3. The first-order valence-electron chi connectivity index (χ1n) is 12.4. The Morgan fingerprint density at radius 1 is 1.24 bits per heavy atom. The van der Waals surface area contributed by atoms with E-state index in [0.717, 1.165) is 18.7 Å². The molecular weight excluding hydrogens is 505 g/mol. The molecule has 194 valence electrons. The zero-order valence-electron chi connectivity index (χ0n) is 19.8. The summed E-state index contributed by atoms with van der Waals surface area (Å²) in [5.74, 6) is -0.821. The Morgan fingerprint density at radius 2 is 2.03 bits per heavy atom. The molecule has 0 bridgehead atoms. The first-order chi connectivity index (χ1) is 17.8. The minimum Gasteiger partial charge on any atom is -0.446 e. The van der Waals surface area contributed by atoms with Gasteiger partial charge in [-0.15, -0.1) is 0 Å². The van der Waals surface area contributed by atoms with E-state index >= 15 is 4.39 Å². The van der Waals surface area contributed by atoms with E-state index in [-0.39, 0.29) is 59.8 Å². The normalized spacial score (nSPS) is 25.0. The predicted molar refractivity (Wildman–Crippen MR) is 127 cm³/mol. The van der Waals surface area contributed by atoms with Crippen molar-refractivity contribution in [3.63, 3.8) is 0 Å². The molecular formula is C25H25ClFN5O5. The van der Waals surface area contributed by atoms with Crippen molar-refractivity contribution in [3.05, 3.63) is 51.8 Å². The van der Waals surface area contributed by atoms with Gasteiger partial charge in [0, 0.05) is 72.9 Å². The number of carbonyl (C=O) groups is 4. The first kappa shape index (κ1) is 23.9. The highest BCUT2D eigenvalue weighted by atomic mass is 35.5. The summed E-state index contributed by atoms with van der Waals surface area (Å²) in [6.45, 7) is -0.249. The minimum atomic E-state index is -0.876. The second-order valence-corrected chi connectivity index (χ2v) is 10.5. The number of benzene rings is 1. The van der Waals surface area contributed by atoms with Gasteiger partial charge in [-0.25, -0.2) is 14.2 Å². The lowest BCUT2D eigenvalue weighted by Gasteiger charge is -2.36. The Labute approximate surface area is 216 Å². The molecule has 1 aromatic heterocycles. The average Bonchev–Trinajstić information content (AvgIpc) is 3.46. The number of rotatable bonds is 6.